The summed E-state index contributed by atoms with van der Waals surface area (Å²) in [5, 5.41) is 11.7. The van der Waals surface area contributed by atoms with Crippen LogP contribution in [0.15, 0.2) is 18.2 Å². The van der Waals surface area contributed by atoms with Crippen LogP contribution in [0.3, 0.4) is 0 Å². The number of benzene rings is 1. The largest absolute Gasteiger partial charge is 0.495 e. The highest BCUT2D eigenvalue weighted by Gasteiger charge is 2.27. The quantitative estimate of drug-likeness (QED) is 0.839. The summed E-state index contributed by atoms with van der Waals surface area (Å²) in [4.78, 5) is 0. The molecule has 1 N–H and O–H groups in total. The van der Waals surface area contributed by atoms with Crippen molar-refractivity contribution in [3.63, 3.8) is 0 Å². The van der Waals surface area contributed by atoms with Gasteiger partial charge in [0.2, 0.25) is 0 Å². The molecule has 0 saturated heterocycles. The minimum Gasteiger partial charge on any atom is -0.495 e. The van der Waals surface area contributed by atoms with Gasteiger partial charge in [-0.2, -0.15) is 18.4 Å². The number of para-hydroxylation sites is 1. The molecule has 1 aromatic carbocycles. The van der Waals surface area contributed by atoms with Gasteiger partial charge in [0.1, 0.15) is 11.8 Å². The van der Waals surface area contributed by atoms with Gasteiger partial charge < -0.3 is 10.1 Å². The first-order valence-electron chi connectivity index (χ1n) is 4.99. The van der Waals surface area contributed by atoms with Crippen molar-refractivity contribution in [1.82, 2.24) is 0 Å². The van der Waals surface area contributed by atoms with Gasteiger partial charge in [-0.1, -0.05) is 6.07 Å². The fourth-order valence-corrected chi connectivity index (χ4v) is 1.76. The van der Waals surface area contributed by atoms with Crippen molar-refractivity contribution >= 4 is 17.4 Å². The Kier molecular flexibility index (Phi) is 5.16. The van der Waals surface area contributed by atoms with E-state index in [4.69, 9.17) is 10.00 Å². The molecule has 0 aromatic heterocycles. The van der Waals surface area contributed by atoms with Crippen molar-refractivity contribution in [2.24, 2.45) is 0 Å². The second kappa shape index (κ2) is 6.40. The van der Waals surface area contributed by atoms with Crippen molar-refractivity contribution < 1.29 is 17.9 Å². The van der Waals surface area contributed by atoms with Crippen LogP contribution in [0.1, 0.15) is 5.56 Å². The summed E-state index contributed by atoms with van der Waals surface area (Å²) in [5.41, 5.74) is -3.47. The Hall–Kier alpha value is -1.55. The molecule has 0 spiro atoms. The summed E-state index contributed by atoms with van der Waals surface area (Å²) >= 11 is -0.106. The van der Waals surface area contributed by atoms with E-state index in [1.165, 1.54) is 7.11 Å². The fourth-order valence-electron chi connectivity index (χ4n) is 1.32. The maximum Gasteiger partial charge on any atom is 0.441 e. The molecule has 0 unspecified atom stereocenters. The van der Waals surface area contributed by atoms with Crippen molar-refractivity contribution in [1.29, 1.82) is 5.26 Å². The predicted octanol–water partition coefficient (Wildman–Crippen LogP) is 3.23. The lowest BCUT2D eigenvalue weighted by atomic mass is 10.2. The first-order chi connectivity index (χ1) is 8.48. The molecule has 7 heteroatoms. The molecule has 0 aliphatic heterocycles. The van der Waals surface area contributed by atoms with Crippen LogP contribution in [-0.4, -0.2) is 24.9 Å². The molecule has 0 aliphatic carbocycles. The van der Waals surface area contributed by atoms with Gasteiger partial charge in [-0.05, 0) is 23.9 Å². The lowest BCUT2D eigenvalue weighted by molar-refractivity contribution is -0.0327. The van der Waals surface area contributed by atoms with Gasteiger partial charge in [0.05, 0.1) is 18.4 Å². The minimum atomic E-state index is -4.24. The van der Waals surface area contributed by atoms with Crippen LogP contribution in [0, 0.1) is 11.3 Å². The van der Waals surface area contributed by atoms with Crippen LogP contribution >= 0.6 is 11.8 Å². The molecule has 98 valence electrons. The molecule has 0 fully saturated rings. The summed E-state index contributed by atoms with van der Waals surface area (Å²) in [6.45, 7) is 0.0965. The number of rotatable bonds is 5. The van der Waals surface area contributed by atoms with Crippen LogP contribution < -0.4 is 10.1 Å². The number of alkyl halides is 3. The van der Waals surface area contributed by atoms with E-state index in [1.807, 2.05) is 6.07 Å². The number of nitrogens with zero attached hydrogens (tertiary/aromatic N) is 1. The van der Waals surface area contributed by atoms with Crippen LogP contribution in [0.2, 0.25) is 0 Å². The SMILES string of the molecule is COc1cccc(C#N)c1NCCSC(F)(F)F. The van der Waals surface area contributed by atoms with Crippen molar-refractivity contribution in [3.8, 4) is 11.8 Å². The number of anilines is 1. The molecule has 0 bridgehead atoms. The maximum atomic E-state index is 11.9. The van der Waals surface area contributed by atoms with E-state index >= 15 is 0 Å². The molecule has 18 heavy (non-hydrogen) atoms. The molecule has 0 aliphatic rings. The Balaban J connectivity index is 2.64. The van der Waals surface area contributed by atoms with E-state index in [0.717, 1.165) is 0 Å². The molecular weight excluding hydrogens is 265 g/mol. The number of thioether (sulfide) groups is 1. The summed E-state index contributed by atoms with van der Waals surface area (Å²) in [6.07, 6.45) is 0. The standard InChI is InChI=1S/C11H11F3N2OS/c1-17-9-4-2-3-8(7-15)10(9)16-5-6-18-11(12,13)14/h2-4,16H,5-6H2,1H3. The normalized spacial score (nSPS) is 10.8. The highest BCUT2D eigenvalue weighted by Crippen LogP contribution is 2.31. The smallest absolute Gasteiger partial charge is 0.441 e. The van der Waals surface area contributed by atoms with E-state index in [9.17, 15) is 13.2 Å². The second-order valence-corrected chi connectivity index (χ2v) is 4.38. The van der Waals surface area contributed by atoms with Crippen LogP contribution in [-0.2, 0) is 0 Å². The Morgan fingerprint density at radius 3 is 2.72 bits per heavy atom. The highest BCUT2D eigenvalue weighted by atomic mass is 32.2. The van der Waals surface area contributed by atoms with Crippen molar-refractivity contribution in [2.45, 2.75) is 5.51 Å². The van der Waals surface area contributed by atoms with Gasteiger partial charge in [0, 0.05) is 12.3 Å². The first kappa shape index (κ1) is 14.5. The predicted molar refractivity (Wildman–Crippen MR) is 64.7 cm³/mol. The van der Waals surface area contributed by atoms with Gasteiger partial charge in [0.15, 0.2) is 0 Å². The number of nitriles is 1. The average Bonchev–Trinajstić information content (AvgIpc) is 2.33. The van der Waals surface area contributed by atoms with E-state index < -0.39 is 5.51 Å². The van der Waals surface area contributed by atoms with E-state index in [1.54, 1.807) is 18.2 Å². The lowest BCUT2D eigenvalue weighted by Crippen LogP contribution is -2.11. The average molecular weight is 276 g/mol. The molecule has 0 amide bonds. The van der Waals surface area contributed by atoms with E-state index in [-0.39, 0.29) is 24.1 Å². The van der Waals surface area contributed by atoms with E-state index in [0.29, 0.717) is 17.0 Å². The molecule has 0 heterocycles. The number of hydrogen-bond donors (Lipinski definition) is 1. The van der Waals surface area contributed by atoms with Gasteiger partial charge in [-0.25, -0.2) is 0 Å². The molecule has 3 nitrogen and oxygen atoms in total. The zero-order chi connectivity index (χ0) is 13.6. The molecule has 0 atom stereocenters. The van der Waals surface area contributed by atoms with Gasteiger partial charge in [-0.15, -0.1) is 0 Å². The zero-order valence-corrected chi connectivity index (χ0v) is 10.4. The number of methoxy groups -OCH3 is 1. The Labute approximate surface area is 107 Å². The maximum absolute atomic E-state index is 11.9. The number of ether oxygens (including phenoxy) is 1. The zero-order valence-electron chi connectivity index (χ0n) is 9.54. The summed E-state index contributed by atoms with van der Waals surface area (Å²) < 4.78 is 40.8. The van der Waals surface area contributed by atoms with Crippen molar-refractivity contribution in [3.05, 3.63) is 23.8 Å². The van der Waals surface area contributed by atoms with Crippen LogP contribution in [0.5, 0.6) is 5.75 Å². The van der Waals surface area contributed by atoms with Crippen molar-refractivity contribution in [2.75, 3.05) is 24.7 Å². The third-order valence-electron chi connectivity index (χ3n) is 2.04. The lowest BCUT2D eigenvalue weighted by Gasteiger charge is -2.12. The Morgan fingerprint density at radius 1 is 1.44 bits per heavy atom. The number of nitrogens with one attached hydrogen (secondary N) is 1. The first-order valence-corrected chi connectivity index (χ1v) is 5.98. The van der Waals surface area contributed by atoms with Crippen LogP contribution in [0.4, 0.5) is 18.9 Å². The minimum absolute atomic E-state index is 0.0965. The summed E-state index contributed by atoms with van der Waals surface area (Å²) in [5.74, 6) is 0.304. The van der Waals surface area contributed by atoms with Gasteiger partial charge >= 0.3 is 5.51 Å². The Morgan fingerprint density at radius 2 is 2.17 bits per heavy atom. The molecule has 0 saturated carbocycles. The van der Waals surface area contributed by atoms with Gasteiger partial charge in [-0.3, -0.25) is 0 Å². The molecule has 0 radical (unpaired) electrons. The van der Waals surface area contributed by atoms with Crippen LogP contribution in [0.25, 0.3) is 0 Å². The summed E-state index contributed by atoms with van der Waals surface area (Å²) in [7, 11) is 1.44. The second-order valence-electron chi connectivity index (χ2n) is 3.22. The third kappa shape index (κ3) is 4.37. The number of hydrogen-bond acceptors (Lipinski definition) is 4. The van der Waals surface area contributed by atoms with Gasteiger partial charge in [0.25, 0.3) is 0 Å². The highest BCUT2D eigenvalue weighted by molar-refractivity contribution is 8.00. The topological polar surface area (TPSA) is 45.0 Å². The summed E-state index contributed by atoms with van der Waals surface area (Å²) in [6, 6.07) is 6.81. The fraction of sp³-hybridized carbons (Fsp3) is 0.364. The number of halogens is 3. The van der Waals surface area contributed by atoms with E-state index in [2.05, 4.69) is 5.32 Å². The molecular formula is C11H11F3N2OS. The Bertz CT molecular complexity index is 443. The monoisotopic (exact) mass is 276 g/mol. The molecule has 1 rings (SSSR count). The molecule has 1 aromatic rings. The third-order valence-corrected chi connectivity index (χ3v) is 2.77.